The Bertz CT molecular complexity index is 1100. The SMILES string of the molecule is Fc1cccc(-c2nc3cccnc3c3c2Cc2ccccc2-3)c1. The quantitative estimate of drug-likeness (QED) is 0.435. The second-order valence-electron chi connectivity index (χ2n) is 6.03. The van der Waals surface area contributed by atoms with E-state index in [1.54, 1.807) is 18.3 Å². The van der Waals surface area contributed by atoms with E-state index in [2.05, 4.69) is 23.2 Å². The fourth-order valence-corrected chi connectivity index (χ4v) is 3.57. The van der Waals surface area contributed by atoms with Gasteiger partial charge in [0.1, 0.15) is 5.82 Å². The maximum absolute atomic E-state index is 13.7. The summed E-state index contributed by atoms with van der Waals surface area (Å²) in [6.45, 7) is 0. The zero-order valence-corrected chi connectivity index (χ0v) is 12.8. The Kier molecular flexibility index (Phi) is 2.77. The van der Waals surface area contributed by atoms with Crippen LogP contribution in [0.3, 0.4) is 0 Å². The van der Waals surface area contributed by atoms with E-state index in [4.69, 9.17) is 4.98 Å². The summed E-state index contributed by atoms with van der Waals surface area (Å²) in [5, 5.41) is 0. The third-order valence-electron chi connectivity index (χ3n) is 4.60. The molecule has 5 rings (SSSR count). The molecule has 0 unspecified atom stereocenters. The summed E-state index contributed by atoms with van der Waals surface area (Å²) in [7, 11) is 0. The van der Waals surface area contributed by atoms with E-state index < -0.39 is 0 Å². The van der Waals surface area contributed by atoms with E-state index in [0.717, 1.165) is 39.8 Å². The van der Waals surface area contributed by atoms with Gasteiger partial charge in [0.15, 0.2) is 0 Å². The Balaban J connectivity index is 1.90. The van der Waals surface area contributed by atoms with E-state index >= 15 is 0 Å². The molecule has 0 saturated heterocycles. The van der Waals surface area contributed by atoms with Crippen LogP contribution in [-0.2, 0) is 6.42 Å². The maximum atomic E-state index is 13.7. The van der Waals surface area contributed by atoms with Crippen LogP contribution in [0.2, 0.25) is 0 Å². The number of pyridine rings is 2. The van der Waals surface area contributed by atoms with Crippen LogP contribution in [0.4, 0.5) is 4.39 Å². The summed E-state index contributed by atoms with van der Waals surface area (Å²) < 4.78 is 13.7. The molecule has 0 amide bonds. The minimum atomic E-state index is -0.246. The van der Waals surface area contributed by atoms with Gasteiger partial charge in [-0.1, -0.05) is 36.4 Å². The Morgan fingerprint density at radius 2 is 1.83 bits per heavy atom. The van der Waals surface area contributed by atoms with Crippen molar-refractivity contribution in [1.82, 2.24) is 9.97 Å². The summed E-state index contributed by atoms with van der Waals surface area (Å²) in [6.07, 6.45) is 2.60. The molecule has 0 fully saturated rings. The Morgan fingerprint density at radius 3 is 2.75 bits per heavy atom. The summed E-state index contributed by atoms with van der Waals surface area (Å²) in [6, 6.07) is 18.9. The van der Waals surface area contributed by atoms with E-state index in [1.165, 1.54) is 17.2 Å². The fourth-order valence-electron chi connectivity index (χ4n) is 3.57. The standard InChI is InChI=1S/C21H13FN2/c22-15-7-3-6-14(11-15)20-17-12-13-5-1-2-8-16(13)19(17)21-18(24-20)9-4-10-23-21/h1-11H,12H2. The third-order valence-corrected chi connectivity index (χ3v) is 4.60. The van der Waals surface area contributed by atoms with Crippen molar-refractivity contribution in [2.24, 2.45) is 0 Å². The average Bonchev–Trinajstić information content (AvgIpc) is 3.01. The highest BCUT2D eigenvalue weighted by molar-refractivity contribution is 5.99. The Hall–Kier alpha value is -3.07. The molecule has 0 radical (unpaired) electrons. The Morgan fingerprint density at radius 1 is 0.917 bits per heavy atom. The number of hydrogen-bond donors (Lipinski definition) is 0. The first-order valence-electron chi connectivity index (χ1n) is 7.93. The molecule has 3 heteroatoms. The minimum Gasteiger partial charge on any atom is -0.254 e. The largest absolute Gasteiger partial charge is 0.254 e. The van der Waals surface area contributed by atoms with Gasteiger partial charge in [-0.05, 0) is 41.0 Å². The maximum Gasteiger partial charge on any atom is 0.123 e. The lowest BCUT2D eigenvalue weighted by Crippen LogP contribution is -1.96. The average molecular weight is 312 g/mol. The predicted molar refractivity (Wildman–Crippen MR) is 93.2 cm³/mol. The summed E-state index contributed by atoms with van der Waals surface area (Å²) in [5.41, 5.74) is 8.15. The van der Waals surface area contributed by atoms with Crippen LogP contribution in [0.25, 0.3) is 33.4 Å². The monoisotopic (exact) mass is 312 g/mol. The molecule has 0 atom stereocenters. The topological polar surface area (TPSA) is 25.8 Å². The van der Waals surface area contributed by atoms with Gasteiger partial charge in [0.2, 0.25) is 0 Å². The van der Waals surface area contributed by atoms with Crippen LogP contribution in [0.5, 0.6) is 0 Å². The molecule has 0 spiro atoms. The van der Waals surface area contributed by atoms with Gasteiger partial charge in [-0.3, -0.25) is 4.98 Å². The van der Waals surface area contributed by atoms with Crippen LogP contribution in [0.15, 0.2) is 66.9 Å². The molecule has 24 heavy (non-hydrogen) atoms. The number of fused-ring (bicyclic) bond motifs is 5. The van der Waals surface area contributed by atoms with Crippen LogP contribution >= 0.6 is 0 Å². The van der Waals surface area contributed by atoms with Crippen LogP contribution in [0, 0.1) is 5.82 Å². The lowest BCUT2D eigenvalue weighted by atomic mass is 9.99. The number of rotatable bonds is 1. The van der Waals surface area contributed by atoms with Gasteiger partial charge in [0.25, 0.3) is 0 Å². The molecule has 2 aromatic heterocycles. The van der Waals surface area contributed by atoms with Crippen molar-refractivity contribution >= 4 is 11.0 Å². The summed E-state index contributed by atoms with van der Waals surface area (Å²) in [4.78, 5) is 9.38. The van der Waals surface area contributed by atoms with Gasteiger partial charge in [-0.15, -0.1) is 0 Å². The lowest BCUT2D eigenvalue weighted by molar-refractivity contribution is 0.628. The zero-order chi connectivity index (χ0) is 16.1. The van der Waals surface area contributed by atoms with Crippen LogP contribution in [0.1, 0.15) is 11.1 Å². The van der Waals surface area contributed by atoms with Crippen molar-refractivity contribution in [2.45, 2.75) is 6.42 Å². The van der Waals surface area contributed by atoms with Gasteiger partial charge >= 0.3 is 0 Å². The Labute approximate surface area is 138 Å². The molecule has 1 aliphatic rings. The highest BCUT2D eigenvalue weighted by Crippen LogP contribution is 2.43. The first-order valence-corrected chi connectivity index (χ1v) is 7.93. The summed E-state index contributed by atoms with van der Waals surface area (Å²) >= 11 is 0. The number of benzene rings is 2. The van der Waals surface area contributed by atoms with Crippen molar-refractivity contribution in [3.8, 4) is 22.4 Å². The molecule has 2 heterocycles. The first-order chi connectivity index (χ1) is 11.8. The number of aromatic nitrogens is 2. The van der Waals surface area contributed by atoms with Crippen molar-refractivity contribution < 1.29 is 4.39 Å². The minimum absolute atomic E-state index is 0.246. The lowest BCUT2D eigenvalue weighted by Gasteiger charge is -2.11. The van der Waals surface area contributed by atoms with Crippen molar-refractivity contribution in [3.63, 3.8) is 0 Å². The molecule has 0 aliphatic heterocycles. The van der Waals surface area contributed by atoms with Gasteiger partial charge in [0.05, 0.1) is 16.7 Å². The highest BCUT2D eigenvalue weighted by Gasteiger charge is 2.25. The van der Waals surface area contributed by atoms with Gasteiger partial charge in [-0.2, -0.15) is 0 Å². The molecule has 0 N–H and O–H groups in total. The second kappa shape index (κ2) is 4.96. The number of halogens is 1. The molecular weight excluding hydrogens is 299 g/mol. The van der Waals surface area contributed by atoms with E-state index in [0.29, 0.717) is 0 Å². The molecule has 114 valence electrons. The molecule has 0 bridgehead atoms. The smallest absolute Gasteiger partial charge is 0.123 e. The molecule has 4 aromatic rings. The van der Waals surface area contributed by atoms with E-state index in [-0.39, 0.29) is 5.82 Å². The highest BCUT2D eigenvalue weighted by atomic mass is 19.1. The van der Waals surface area contributed by atoms with E-state index in [9.17, 15) is 4.39 Å². The van der Waals surface area contributed by atoms with Gasteiger partial charge in [0, 0.05) is 23.7 Å². The van der Waals surface area contributed by atoms with Crippen molar-refractivity contribution in [3.05, 3.63) is 83.8 Å². The molecule has 1 aliphatic carbocycles. The molecule has 2 nitrogen and oxygen atoms in total. The van der Waals surface area contributed by atoms with Crippen molar-refractivity contribution in [1.29, 1.82) is 0 Å². The van der Waals surface area contributed by atoms with Gasteiger partial charge < -0.3 is 0 Å². The number of nitrogens with zero attached hydrogens (tertiary/aromatic N) is 2. The molecule has 2 aromatic carbocycles. The molecule has 0 saturated carbocycles. The van der Waals surface area contributed by atoms with Crippen molar-refractivity contribution in [2.75, 3.05) is 0 Å². The van der Waals surface area contributed by atoms with Gasteiger partial charge in [-0.25, -0.2) is 9.37 Å². The fraction of sp³-hybridized carbons (Fsp3) is 0.0476. The normalized spacial score (nSPS) is 12.2. The first kappa shape index (κ1) is 13.4. The predicted octanol–water partition coefficient (Wildman–Crippen LogP) is 5.01. The zero-order valence-electron chi connectivity index (χ0n) is 12.8. The molecular formula is C21H13FN2. The second-order valence-corrected chi connectivity index (χ2v) is 6.03. The third kappa shape index (κ3) is 1.88. The summed E-state index contributed by atoms with van der Waals surface area (Å²) in [5.74, 6) is -0.246. The van der Waals surface area contributed by atoms with E-state index in [1.807, 2.05) is 24.3 Å². The number of hydrogen-bond acceptors (Lipinski definition) is 2. The van der Waals surface area contributed by atoms with Crippen LogP contribution < -0.4 is 0 Å². The van der Waals surface area contributed by atoms with Crippen LogP contribution in [-0.4, -0.2) is 9.97 Å².